The van der Waals surface area contributed by atoms with Crippen molar-refractivity contribution < 1.29 is 23.4 Å². The summed E-state index contributed by atoms with van der Waals surface area (Å²) < 4.78 is 34.7. The highest BCUT2D eigenvalue weighted by Gasteiger charge is 2.54. The summed E-state index contributed by atoms with van der Waals surface area (Å²) in [6.07, 6.45) is -0.000360. The van der Waals surface area contributed by atoms with Crippen LogP contribution in [-0.2, 0) is 19.5 Å². The number of hydrogen-bond acceptors (Lipinski definition) is 7. The Bertz CT molecular complexity index is 2270. The fourth-order valence-corrected chi connectivity index (χ4v) is 12.9. The van der Waals surface area contributed by atoms with E-state index in [4.69, 9.17) is 23.4 Å². The molecular weight excluding hydrogens is 733 g/mol. The summed E-state index contributed by atoms with van der Waals surface area (Å²) in [5.41, 5.74) is 0.986. The topological polar surface area (TPSA) is 101 Å². The van der Waals surface area contributed by atoms with Gasteiger partial charge in [0, 0.05) is 18.2 Å². The van der Waals surface area contributed by atoms with Gasteiger partial charge in [-0.05, 0) is 63.3 Å². The molecule has 5 aromatic carbocycles. The van der Waals surface area contributed by atoms with E-state index in [9.17, 15) is 9.59 Å². The fraction of sp³-hybridized carbons (Fsp3) is 0.277. The number of aromatic amines is 1. The molecule has 10 heteroatoms. The van der Waals surface area contributed by atoms with E-state index in [1.54, 1.807) is 27.3 Å². The van der Waals surface area contributed by atoms with E-state index in [1.165, 1.54) is 4.57 Å². The minimum Gasteiger partial charge on any atom is -0.497 e. The Hall–Kier alpha value is -5.52. The minimum atomic E-state index is -3.12. The molecule has 0 spiro atoms. The molecule has 1 N–H and O–H groups in total. The van der Waals surface area contributed by atoms with Crippen molar-refractivity contribution in [2.24, 2.45) is 0 Å². The number of rotatable bonds is 13. The van der Waals surface area contributed by atoms with Gasteiger partial charge in [0.1, 0.15) is 29.4 Å². The lowest BCUT2D eigenvalue weighted by atomic mass is 9.80. The summed E-state index contributed by atoms with van der Waals surface area (Å²) >= 11 is 0. The van der Waals surface area contributed by atoms with E-state index >= 15 is 0 Å². The van der Waals surface area contributed by atoms with Gasteiger partial charge >= 0.3 is 5.69 Å². The molecule has 57 heavy (non-hydrogen) atoms. The SMILES string of the molecule is COc1ccc(C(OC[C@H]2O[C@@H](n3cc(C)c(=O)[nH]c3=O)C[C@@H]2O[Si](c2ccccc2)(c2ccccc2)C(C)(C)C)(c2ccccc2)c2ccc(OC)cc2)cc1. The first kappa shape index (κ1) is 39.7. The molecule has 0 aliphatic carbocycles. The average Bonchev–Trinajstić information content (AvgIpc) is 3.64. The molecule has 0 amide bonds. The molecule has 0 radical (unpaired) electrons. The van der Waals surface area contributed by atoms with E-state index in [-0.39, 0.29) is 11.6 Å². The summed E-state index contributed by atoms with van der Waals surface area (Å²) in [7, 11) is 0.178. The Morgan fingerprint density at radius 1 is 0.702 bits per heavy atom. The van der Waals surface area contributed by atoms with Crippen LogP contribution < -0.4 is 31.1 Å². The maximum absolute atomic E-state index is 13.4. The number of methoxy groups -OCH3 is 2. The van der Waals surface area contributed by atoms with Crippen molar-refractivity contribution >= 4 is 18.7 Å². The molecule has 0 bridgehead atoms. The number of aryl methyl sites for hydroxylation is 1. The lowest BCUT2D eigenvalue weighted by Gasteiger charge is -2.45. The van der Waals surface area contributed by atoms with Gasteiger partial charge in [-0.2, -0.15) is 0 Å². The van der Waals surface area contributed by atoms with Gasteiger partial charge in [0.15, 0.2) is 0 Å². The first-order valence-electron chi connectivity index (χ1n) is 19.2. The van der Waals surface area contributed by atoms with E-state index in [0.717, 1.165) is 38.6 Å². The van der Waals surface area contributed by atoms with E-state index in [0.29, 0.717) is 12.0 Å². The third kappa shape index (κ3) is 7.66. The second-order valence-corrected chi connectivity index (χ2v) is 19.7. The second-order valence-electron chi connectivity index (χ2n) is 15.5. The van der Waals surface area contributed by atoms with Gasteiger partial charge in [0.2, 0.25) is 0 Å². The van der Waals surface area contributed by atoms with Gasteiger partial charge in [0.25, 0.3) is 13.9 Å². The van der Waals surface area contributed by atoms with Crippen molar-refractivity contribution in [2.45, 2.75) is 63.2 Å². The van der Waals surface area contributed by atoms with Gasteiger partial charge in [-0.15, -0.1) is 0 Å². The van der Waals surface area contributed by atoms with Crippen LogP contribution in [0.3, 0.4) is 0 Å². The summed E-state index contributed by atoms with van der Waals surface area (Å²) in [6.45, 7) is 8.48. The summed E-state index contributed by atoms with van der Waals surface area (Å²) in [5.74, 6) is 1.44. The molecule has 9 nitrogen and oxygen atoms in total. The van der Waals surface area contributed by atoms with Gasteiger partial charge in [0.05, 0.1) is 26.9 Å². The van der Waals surface area contributed by atoms with E-state index in [1.807, 2.05) is 78.9 Å². The molecule has 1 saturated heterocycles. The predicted octanol–water partition coefficient (Wildman–Crippen LogP) is 7.10. The van der Waals surface area contributed by atoms with Crippen molar-refractivity contribution in [2.75, 3.05) is 20.8 Å². The summed E-state index contributed by atoms with van der Waals surface area (Å²) in [5, 5.41) is 1.92. The van der Waals surface area contributed by atoms with Gasteiger partial charge in [-0.25, -0.2) is 4.79 Å². The molecule has 1 aromatic heterocycles. The van der Waals surface area contributed by atoms with Crippen molar-refractivity contribution in [1.82, 2.24) is 9.55 Å². The van der Waals surface area contributed by atoms with Gasteiger partial charge in [-0.1, -0.05) is 136 Å². The lowest BCUT2D eigenvalue weighted by Crippen LogP contribution is -2.68. The Labute approximate surface area is 334 Å². The van der Waals surface area contributed by atoms with Crippen LogP contribution in [0.1, 0.15) is 55.7 Å². The Morgan fingerprint density at radius 3 is 1.65 bits per heavy atom. The molecule has 0 saturated carbocycles. The van der Waals surface area contributed by atoms with E-state index < -0.39 is 43.6 Å². The number of hydrogen-bond donors (Lipinski definition) is 1. The molecule has 0 unspecified atom stereocenters. The first-order valence-corrected chi connectivity index (χ1v) is 21.2. The van der Waals surface area contributed by atoms with Crippen LogP contribution in [0.25, 0.3) is 0 Å². The third-order valence-electron chi connectivity index (χ3n) is 11.0. The van der Waals surface area contributed by atoms with Crippen molar-refractivity contribution in [3.05, 3.63) is 189 Å². The van der Waals surface area contributed by atoms with Crippen LogP contribution >= 0.6 is 0 Å². The van der Waals surface area contributed by atoms with Crippen LogP contribution in [0.4, 0.5) is 0 Å². The maximum Gasteiger partial charge on any atom is 0.330 e. The zero-order valence-electron chi connectivity index (χ0n) is 33.3. The molecular formula is C47H50N2O7Si. The van der Waals surface area contributed by atoms with Crippen molar-refractivity contribution in [1.29, 1.82) is 0 Å². The Kier molecular flexibility index (Phi) is 11.5. The highest BCUT2D eigenvalue weighted by atomic mass is 28.4. The van der Waals surface area contributed by atoms with Gasteiger partial charge < -0.3 is 23.4 Å². The van der Waals surface area contributed by atoms with Gasteiger partial charge in [-0.3, -0.25) is 14.3 Å². The smallest absolute Gasteiger partial charge is 0.330 e. The zero-order valence-corrected chi connectivity index (χ0v) is 34.3. The molecule has 294 valence electrons. The number of nitrogens with one attached hydrogen (secondary N) is 1. The zero-order chi connectivity index (χ0) is 40.2. The Morgan fingerprint density at radius 2 is 1.18 bits per heavy atom. The summed E-state index contributed by atoms with van der Waals surface area (Å²) in [4.78, 5) is 28.3. The Balaban J connectivity index is 1.38. The quantitative estimate of drug-likeness (QED) is 0.0986. The second kappa shape index (κ2) is 16.5. The standard InChI is InChI=1S/C47H50N2O7Si/c1-33-31-49(45(51)48-44(33)50)43-30-41(56-57(46(2,3)4,39-18-12-8-13-19-39)40-20-14-9-15-21-40)42(55-43)32-54-47(34-16-10-7-11-17-34,35-22-26-37(52-5)27-23-35)36-24-28-38(53-6)29-25-36/h7-29,31,41-43H,30,32H2,1-6H3,(H,48,50,51)/t41-,42+,43+/m0/s1. The normalized spacial score (nSPS) is 17.3. The summed E-state index contributed by atoms with van der Waals surface area (Å²) in [6, 6.07) is 46.8. The number of nitrogens with zero attached hydrogens (tertiary/aromatic N) is 1. The number of H-pyrrole nitrogens is 1. The first-order chi connectivity index (χ1) is 27.5. The van der Waals surface area contributed by atoms with Crippen molar-refractivity contribution in [3.8, 4) is 11.5 Å². The van der Waals surface area contributed by atoms with Crippen molar-refractivity contribution in [3.63, 3.8) is 0 Å². The third-order valence-corrected chi connectivity index (χ3v) is 16.1. The maximum atomic E-state index is 13.4. The molecule has 7 rings (SSSR count). The average molecular weight is 783 g/mol. The largest absolute Gasteiger partial charge is 0.497 e. The molecule has 1 aliphatic rings. The van der Waals surface area contributed by atoms with Crippen LogP contribution in [0.15, 0.2) is 155 Å². The minimum absolute atomic E-state index is 0.0867. The molecule has 1 fully saturated rings. The predicted molar refractivity (Wildman–Crippen MR) is 225 cm³/mol. The molecule has 1 aliphatic heterocycles. The van der Waals surface area contributed by atoms with E-state index in [2.05, 4.69) is 86.4 Å². The van der Waals surface area contributed by atoms with Crippen LogP contribution in [0, 0.1) is 6.92 Å². The number of aromatic nitrogens is 2. The van der Waals surface area contributed by atoms with Crippen LogP contribution in [0.5, 0.6) is 11.5 Å². The molecule has 3 atom stereocenters. The lowest BCUT2D eigenvalue weighted by molar-refractivity contribution is -0.0925. The monoisotopic (exact) mass is 782 g/mol. The molecule has 6 aromatic rings. The number of benzene rings is 5. The number of ether oxygens (including phenoxy) is 4. The highest BCUT2D eigenvalue weighted by molar-refractivity contribution is 6.99. The van der Waals surface area contributed by atoms with Crippen LogP contribution in [0.2, 0.25) is 5.04 Å². The fourth-order valence-electron chi connectivity index (χ4n) is 8.15. The highest BCUT2D eigenvalue weighted by Crippen LogP contribution is 2.45. The molecule has 2 heterocycles. The van der Waals surface area contributed by atoms with Crippen LogP contribution in [-0.4, -0.2) is 50.9 Å².